The molecule has 0 spiro atoms. The molecule has 1 rings (SSSR count). The number of nitrogens with one attached hydrogen (secondary N) is 1. The van der Waals surface area contributed by atoms with Crippen molar-refractivity contribution in [2.75, 3.05) is 30.9 Å². The van der Waals surface area contributed by atoms with Crippen LogP contribution in [0.4, 0.5) is 11.9 Å². The first-order valence-electron chi connectivity index (χ1n) is 6.42. The molecule has 0 aliphatic heterocycles. The maximum atomic E-state index is 5.11. The fourth-order valence-electron chi connectivity index (χ4n) is 1.83. The molecule has 1 aromatic heterocycles. The number of methoxy groups -OCH3 is 1. The molecule has 0 unspecified atom stereocenters. The molecule has 1 aromatic rings. The summed E-state index contributed by atoms with van der Waals surface area (Å²) in [5, 5.41) is 3.08. The molecule has 18 heavy (non-hydrogen) atoms. The van der Waals surface area contributed by atoms with Crippen LogP contribution >= 0.6 is 0 Å². The van der Waals surface area contributed by atoms with Crippen molar-refractivity contribution < 1.29 is 4.74 Å². The normalized spacial score (nSPS) is 10.6. The average molecular weight is 253 g/mol. The van der Waals surface area contributed by atoms with Gasteiger partial charge in [0.1, 0.15) is 0 Å². The van der Waals surface area contributed by atoms with E-state index in [2.05, 4.69) is 39.0 Å². The standard InChI is InChI=1S/C12H23N5O/c1-6-9(7-2)17(4)11-14-10(13-8-3)15-12(16-11)18-5/h9H,6-8H2,1-5H3,(H,13,14,15,16). The largest absolute Gasteiger partial charge is 0.467 e. The fourth-order valence-corrected chi connectivity index (χ4v) is 1.83. The Morgan fingerprint density at radius 1 is 1.17 bits per heavy atom. The maximum absolute atomic E-state index is 5.11. The van der Waals surface area contributed by atoms with E-state index < -0.39 is 0 Å². The van der Waals surface area contributed by atoms with Crippen molar-refractivity contribution in [3.63, 3.8) is 0 Å². The first-order chi connectivity index (χ1) is 8.65. The Labute approximate surface area is 109 Å². The highest BCUT2D eigenvalue weighted by atomic mass is 16.5. The van der Waals surface area contributed by atoms with E-state index in [1.807, 2.05) is 14.0 Å². The van der Waals surface area contributed by atoms with Crippen LogP contribution in [0.2, 0.25) is 0 Å². The van der Waals surface area contributed by atoms with E-state index in [0.29, 0.717) is 23.9 Å². The van der Waals surface area contributed by atoms with E-state index >= 15 is 0 Å². The quantitative estimate of drug-likeness (QED) is 0.801. The van der Waals surface area contributed by atoms with Crippen LogP contribution in [-0.4, -0.2) is 41.7 Å². The number of hydrogen-bond donors (Lipinski definition) is 1. The maximum Gasteiger partial charge on any atom is 0.322 e. The first kappa shape index (κ1) is 14.5. The van der Waals surface area contributed by atoms with Gasteiger partial charge in [-0.3, -0.25) is 0 Å². The highest BCUT2D eigenvalue weighted by Crippen LogP contribution is 2.18. The number of anilines is 2. The van der Waals surface area contributed by atoms with Gasteiger partial charge in [0, 0.05) is 19.6 Å². The monoisotopic (exact) mass is 253 g/mol. The van der Waals surface area contributed by atoms with Gasteiger partial charge >= 0.3 is 6.01 Å². The molecule has 0 saturated carbocycles. The van der Waals surface area contributed by atoms with Gasteiger partial charge in [-0.05, 0) is 19.8 Å². The van der Waals surface area contributed by atoms with Gasteiger partial charge < -0.3 is 15.0 Å². The molecule has 1 N–H and O–H groups in total. The van der Waals surface area contributed by atoms with E-state index in [0.717, 1.165) is 19.4 Å². The molecule has 6 nitrogen and oxygen atoms in total. The lowest BCUT2D eigenvalue weighted by Gasteiger charge is -2.26. The summed E-state index contributed by atoms with van der Waals surface area (Å²) in [6.45, 7) is 7.09. The van der Waals surface area contributed by atoms with Crippen molar-refractivity contribution in [1.82, 2.24) is 15.0 Å². The average Bonchev–Trinajstić information content (AvgIpc) is 2.40. The van der Waals surface area contributed by atoms with Gasteiger partial charge in [0.25, 0.3) is 0 Å². The molecule has 6 heteroatoms. The number of nitrogens with zero attached hydrogens (tertiary/aromatic N) is 4. The highest BCUT2D eigenvalue weighted by Gasteiger charge is 2.16. The number of rotatable bonds is 7. The molecule has 0 bridgehead atoms. The molecule has 1 heterocycles. The third kappa shape index (κ3) is 3.45. The third-order valence-corrected chi connectivity index (χ3v) is 2.93. The Morgan fingerprint density at radius 2 is 1.83 bits per heavy atom. The van der Waals surface area contributed by atoms with Crippen LogP contribution in [0.25, 0.3) is 0 Å². The lowest BCUT2D eigenvalue weighted by molar-refractivity contribution is 0.378. The van der Waals surface area contributed by atoms with Crippen molar-refractivity contribution in [1.29, 1.82) is 0 Å². The molecule has 0 aromatic carbocycles. The SMILES string of the molecule is CCNc1nc(OC)nc(N(C)C(CC)CC)n1. The summed E-state index contributed by atoms with van der Waals surface area (Å²) < 4.78 is 5.11. The van der Waals surface area contributed by atoms with Crippen LogP contribution in [0.5, 0.6) is 6.01 Å². The summed E-state index contributed by atoms with van der Waals surface area (Å²) in [5.74, 6) is 1.20. The van der Waals surface area contributed by atoms with Crippen LogP contribution in [0, 0.1) is 0 Å². The summed E-state index contributed by atoms with van der Waals surface area (Å²) in [6, 6.07) is 0.764. The number of hydrogen-bond acceptors (Lipinski definition) is 6. The van der Waals surface area contributed by atoms with Gasteiger partial charge in [-0.1, -0.05) is 13.8 Å². The third-order valence-electron chi connectivity index (χ3n) is 2.93. The summed E-state index contributed by atoms with van der Waals surface area (Å²) in [5.41, 5.74) is 0. The number of aromatic nitrogens is 3. The topological polar surface area (TPSA) is 63.2 Å². The Hall–Kier alpha value is -1.59. The molecule has 0 aliphatic carbocycles. The van der Waals surface area contributed by atoms with Crippen LogP contribution in [-0.2, 0) is 0 Å². The predicted molar refractivity (Wildman–Crippen MR) is 73.3 cm³/mol. The second-order valence-electron chi connectivity index (χ2n) is 4.06. The number of ether oxygens (including phenoxy) is 1. The first-order valence-corrected chi connectivity index (χ1v) is 6.42. The molecule has 0 atom stereocenters. The lowest BCUT2D eigenvalue weighted by Crippen LogP contribution is -2.32. The lowest BCUT2D eigenvalue weighted by atomic mass is 10.1. The zero-order valence-corrected chi connectivity index (χ0v) is 11.9. The minimum Gasteiger partial charge on any atom is -0.467 e. The molecule has 0 radical (unpaired) electrons. The molecule has 0 fully saturated rings. The minimum absolute atomic E-state index is 0.341. The minimum atomic E-state index is 0.341. The van der Waals surface area contributed by atoms with Crippen molar-refractivity contribution in [3.05, 3.63) is 0 Å². The van der Waals surface area contributed by atoms with Gasteiger partial charge in [-0.25, -0.2) is 0 Å². The van der Waals surface area contributed by atoms with Crippen LogP contribution in [0.15, 0.2) is 0 Å². The van der Waals surface area contributed by atoms with Crippen LogP contribution in [0.3, 0.4) is 0 Å². The molecule has 102 valence electrons. The summed E-state index contributed by atoms with van der Waals surface area (Å²) in [4.78, 5) is 14.9. The Morgan fingerprint density at radius 3 is 2.33 bits per heavy atom. The second kappa shape index (κ2) is 6.98. The Bertz CT molecular complexity index is 367. The van der Waals surface area contributed by atoms with E-state index in [4.69, 9.17) is 4.74 Å². The smallest absolute Gasteiger partial charge is 0.322 e. The van der Waals surface area contributed by atoms with Gasteiger partial charge in [-0.2, -0.15) is 15.0 Å². The van der Waals surface area contributed by atoms with Crippen molar-refractivity contribution in [3.8, 4) is 6.01 Å². The van der Waals surface area contributed by atoms with Crippen LogP contribution < -0.4 is 15.0 Å². The van der Waals surface area contributed by atoms with E-state index in [1.54, 1.807) is 7.11 Å². The molecular weight excluding hydrogens is 230 g/mol. The van der Waals surface area contributed by atoms with E-state index in [1.165, 1.54) is 0 Å². The summed E-state index contributed by atoms with van der Waals surface area (Å²) in [7, 11) is 3.56. The zero-order valence-electron chi connectivity index (χ0n) is 11.9. The molecule has 0 amide bonds. The van der Waals surface area contributed by atoms with Gasteiger partial charge in [0.15, 0.2) is 0 Å². The van der Waals surface area contributed by atoms with Gasteiger partial charge in [-0.15, -0.1) is 0 Å². The van der Waals surface area contributed by atoms with Crippen molar-refractivity contribution >= 4 is 11.9 Å². The Kier molecular flexibility index (Phi) is 5.61. The van der Waals surface area contributed by atoms with E-state index in [-0.39, 0.29) is 0 Å². The highest BCUT2D eigenvalue weighted by molar-refractivity contribution is 5.38. The second-order valence-corrected chi connectivity index (χ2v) is 4.06. The van der Waals surface area contributed by atoms with Crippen LogP contribution in [0.1, 0.15) is 33.6 Å². The zero-order chi connectivity index (χ0) is 13.5. The van der Waals surface area contributed by atoms with Crippen molar-refractivity contribution in [2.24, 2.45) is 0 Å². The van der Waals surface area contributed by atoms with E-state index in [9.17, 15) is 0 Å². The fraction of sp³-hybridized carbons (Fsp3) is 0.750. The molecule has 0 saturated heterocycles. The van der Waals surface area contributed by atoms with Crippen molar-refractivity contribution in [2.45, 2.75) is 39.7 Å². The van der Waals surface area contributed by atoms with Gasteiger partial charge in [0.2, 0.25) is 11.9 Å². The molecular formula is C12H23N5O. The molecule has 0 aliphatic rings. The Balaban J connectivity index is 3.02. The summed E-state index contributed by atoms with van der Waals surface area (Å²) >= 11 is 0. The van der Waals surface area contributed by atoms with Gasteiger partial charge in [0.05, 0.1) is 7.11 Å². The predicted octanol–water partition coefficient (Wildman–Crippen LogP) is 1.94. The summed E-state index contributed by atoms with van der Waals surface area (Å²) in [6.07, 6.45) is 2.11.